The molecule has 3 heterocycles. The molecule has 0 bridgehead atoms. The summed E-state index contributed by atoms with van der Waals surface area (Å²) < 4.78 is 13.2. The molecule has 0 amide bonds. The first-order valence-electron chi connectivity index (χ1n) is 9.10. The molecule has 7 heteroatoms. The Morgan fingerprint density at radius 1 is 1.11 bits per heavy atom. The average Bonchev–Trinajstić information content (AvgIpc) is 2.91. The van der Waals surface area contributed by atoms with Crippen LogP contribution in [0.3, 0.4) is 0 Å². The van der Waals surface area contributed by atoms with Crippen molar-refractivity contribution in [1.29, 1.82) is 0 Å². The van der Waals surface area contributed by atoms with E-state index in [1.165, 1.54) is 0 Å². The van der Waals surface area contributed by atoms with E-state index in [0.29, 0.717) is 58.0 Å². The van der Waals surface area contributed by atoms with Crippen molar-refractivity contribution < 1.29 is 9.47 Å². The predicted molar refractivity (Wildman–Crippen MR) is 111 cm³/mol. The zero-order valence-electron chi connectivity index (χ0n) is 14.9. The Balaban J connectivity index is 1.62. The molecule has 2 aromatic carbocycles. The minimum atomic E-state index is -0.0670. The van der Waals surface area contributed by atoms with E-state index in [-0.39, 0.29) is 5.56 Å². The Morgan fingerprint density at radius 3 is 2.86 bits per heavy atom. The number of ether oxygens (including phenoxy) is 2. The van der Waals surface area contributed by atoms with Crippen molar-refractivity contribution in [2.24, 2.45) is 0 Å². The molecule has 2 aliphatic heterocycles. The fourth-order valence-electron chi connectivity index (χ4n) is 3.66. The summed E-state index contributed by atoms with van der Waals surface area (Å²) in [5.41, 5.74) is 2.45. The number of rotatable bonds is 1. The van der Waals surface area contributed by atoms with Crippen molar-refractivity contribution in [3.8, 4) is 11.5 Å². The second-order valence-corrected chi connectivity index (χ2v) is 7.70. The Hall–Kier alpha value is -2.50. The monoisotopic (exact) mass is 414 g/mol. The number of aromatic nitrogens is 2. The molecule has 0 spiro atoms. The van der Waals surface area contributed by atoms with Crippen molar-refractivity contribution in [2.75, 3.05) is 13.2 Å². The van der Waals surface area contributed by atoms with Crippen LogP contribution >= 0.6 is 23.2 Å². The lowest BCUT2D eigenvalue weighted by Gasteiger charge is -2.10. The molecule has 0 unspecified atom stereocenters. The van der Waals surface area contributed by atoms with Crippen LogP contribution in [-0.2, 0) is 6.54 Å². The Morgan fingerprint density at radius 2 is 1.96 bits per heavy atom. The third kappa shape index (κ3) is 2.95. The fourth-order valence-corrected chi connectivity index (χ4v) is 4.11. The first kappa shape index (κ1) is 17.6. The summed E-state index contributed by atoms with van der Waals surface area (Å²) in [7, 11) is 0. The number of fused-ring (bicyclic) bond motifs is 3. The molecule has 0 fully saturated rings. The minimum absolute atomic E-state index is 0.0670. The summed E-state index contributed by atoms with van der Waals surface area (Å²) in [6.45, 7) is 1.77. The summed E-state index contributed by atoms with van der Waals surface area (Å²) >= 11 is 12.4. The summed E-state index contributed by atoms with van der Waals surface area (Å²) in [5.74, 6) is 1.92. The first-order valence-corrected chi connectivity index (χ1v) is 9.86. The molecular formula is C21H16Cl2N2O3. The van der Waals surface area contributed by atoms with E-state index < -0.39 is 0 Å². The molecule has 1 aromatic heterocycles. The minimum Gasteiger partial charge on any atom is -0.489 e. The van der Waals surface area contributed by atoms with E-state index in [4.69, 9.17) is 37.7 Å². The van der Waals surface area contributed by atoms with E-state index >= 15 is 0 Å². The molecule has 3 aromatic rings. The number of benzene rings is 2. The van der Waals surface area contributed by atoms with Crippen LogP contribution in [0.5, 0.6) is 11.5 Å². The molecule has 0 N–H and O–H groups in total. The van der Waals surface area contributed by atoms with Crippen molar-refractivity contribution in [3.05, 3.63) is 62.1 Å². The average molecular weight is 415 g/mol. The van der Waals surface area contributed by atoms with Crippen LogP contribution in [0, 0.1) is 0 Å². The van der Waals surface area contributed by atoms with Crippen LogP contribution in [0.25, 0.3) is 22.6 Å². The molecule has 28 heavy (non-hydrogen) atoms. The maximum absolute atomic E-state index is 12.8. The summed E-state index contributed by atoms with van der Waals surface area (Å²) in [5, 5.41) is 1.58. The zero-order valence-corrected chi connectivity index (χ0v) is 16.4. The predicted octanol–water partition coefficient (Wildman–Crippen LogP) is 4.81. The van der Waals surface area contributed by atoms with Crippen molar-refractivity contribution in [1.82, 2.24) is 9.55 Å². The number of allylic oxidation sites excluding steroid dienone is 1. The van der Waals surface area contributed by atoms with Crippen LogP contribution in [-0.4, -0.2) is 22.8 Å². The van der Waals surface area contributed by atoms with Gasteiger partial charge in [-0.3, -0.25) is 9.36 Å². The standard InChI is InChI=1S/C21H16Cl2N2O3/c22-14-2-3-17-15(11-14)21(26)25-5-4-13(20(25)24-17)8-12-9-16(23)19-18(10-12)27-6-1-7-28-19/h2-3,8-11H,1,4-7H2/b13-8-. The molecule has 5 rings (SSSR count). The lowest BCUT2D eigenvalue weighted by molar-refractivity contribution is 0.297. The maximum Gasteiger partial charge on any atom is 0.261 e. The van der Waals surface area contributed by atoms with Gasteiger partial charge in [-0.25, -0.2) is 4.98 Å². The summed E-state index contributed by atoms with van der Waals surface area (Å²) in [4.78, 5) is 17.5. The highest BCUT2D eigenvalue weighted by atomic mass is 35.5. The van der Waals surface area contributed by atoms with Gasteiger partial charge in [-0.05, 0) is 54.0 Å². The molecule has 0 saturated heterocycles. The Bertz CT molecular complexity index is 1200. The zero-order chi connectivity index (χ0) is 19.3. The van der Waals surface area contributed by atoms with Gasteiger partial charge in [0.25, 0.3) is 5.56 Å². The van der Waals surface area contributed by atoms with Crippen LogP contribution in [0.2, 0.25) is 10.0 Å². The molecule has 0 aliphatic carbocycles. The normalized spacial score (nSPS) is 17.0. The highest BCUT2D eigenvalue weighted by molar-refractivity contribution is 6.32. The van der Waals surface area contributed by atoms with Crippen molar-refractivity contribution in [3.63, 3.8) is 0 Å². The topological polar surface area (TPSA) is 53.4 Å². The first-order chi connectivity index (χ1) is 13.6. The van der Waals surface area contributed by atoms with E-state index in [1.807, 2.05) is 18.2 Å². The van der Waals surface area contributed by atoms with E-state index in [2.05, 4.69) is 0 Å². The van der Waals surface area contributed by atoms with Crippen LogP contribution in [0.15, 0.2) is 35.1 Å². The van der Waals surface area contributed by atoms with Gasteiger partial charge in [0.15, 0.2) is 11.5 Å². The van der Waals surface area contributed by atoms with Crippen LogP contribution < -0.4 is 15.0 Å². The van der Waals surface area contributed by atoms with E-state index in [9.17, 15) is 4.79 Å². The molecule has 2 aliphatic rings. The lowest BCUT2D eigenvalue weighted by Crippen LogP contribution is -2.20. The van der Waals surface area contributed by atoms with Crippen LogP contribution in [0.4, 0.5) is 0 Å². The second-order valence-electron chi connectivity index (χ2n) is 6.85. The molecule has 142 valence electrons. The van der Waals surface area contributed by atoms with Crippen molar-refractivity contribution in [2.45, 2.75) is 19.4 Å². The molecule has 0 saturated carbocycles. The van der Waals surface area contributed by atoms with E-state index in [0.717, 1.165) is 24.0 Å². The van der Waals surface area contributed by atoms with Gasteiger partial charge in [-0.15, -0.1) is 0 Å². The number of hydrogen-bond acceptors (Lipinski definition) is 4. The number of hydrogen-bond donors (Lipinski definition) is 0. The van der Waals surface area contributed by atoms with Gasteiger partial charge in [-0.2, -0.15) is 0 Å². The molecule has 0 atom stereocenters. The van der Waals surface area contributed by atoms with Gasteiger partial charge < -0.3 is 9.47 Å². The molecular weight excluding hydrogens is 399 g/mol. The smallest absolute Gasteiger partial charge is 0.261 e. The lowest BCUT2D eigenvalue weighted by atomic mass is 10.1. The Labute approximate surface area is 171 Å². The Kier molecular flexibility index (Phi) is 4.29. The van der Waals surface area contributed by atoms with Gasteiger partial charge in [0.1, 0.15) is 5.82 Å². The van der Waals surface area contributed by atoms with E-state index in [1.54, 1.807) is 22.8 Å². The second kappa shape index (κ2) is 6.83. The third-order valence-corrected chi connectivity index (χ3v) is 5.49. The quantitative estimate of drug-likeness (QED) is 0.573. The van der Waals surface area contributed by atoms with Gasteiger partial charge in [-0.1, -0.05) is 23.2 Å². The largest absolute Gasteiger partial charge is 0.489 e. The number of nitrogens with zero attached hydrogens (tertiary/aromatic N) is 2. The highest BCUT2D eigenvalue weighted by Crippen LogP contribution is 2.39. The van der Waals surface area contributed by atoms with Gasteiger partial charge in [0.2, 0.25) is 0 Å². The highest BCUT2D eigenvalue weighted by Gasteiger charge is 2.22. The number of halogens is 2. The van der Waals surface area contributed by atoms with Gasteiger partial charge in [0, 0.05) is 18.0 Å². The SMILES string of the molecule is O=c1c2cc(Cl)ccc2nc2n1CC/C2=C/c1cc(Cl)c2c(c1)OCCCO2. The molecule has 0 radical (unpaired) electrons. The van der Waals surface area contributed by atoms with Gasteiger partial charge in [0.05, 0.1) is 29.1 Å². The van der Waals surface area contributed by atoms with Crippen LogP contribution in [0.1, 0.15) is 24.2 Å². The fraction of sp³-hybridized carbons (Fsp3) is 0.238. The summed E-state index contributed by atoms with van der Waals surface area (Å²) in [6.07, 6.45) is 3.55. The van der Waals surface area contributed by atoms with Crippen molar-refractivity contribution >= 4 is 45.8 Å². The maximum atomic E-state index is 12.8. The summed E-state index contributed by atoms with van der Waals surface area (Å²) in [6, 6.07) is 8.96. The molecule has 5 nitrogen and oxygen atoms in total. The van der Waals surface area contributed by atoms with Gasteiger partial charge >= 0.3 is 0 Å². The third-order valence-electron chi connectivity index (χ3n) is 4.97.